The Morgan fingerprint density at radius 3 is 2.38 bits per heavy atom. The molecule has 0 nitrogen and oxygen atoms in total. The molecule has 2 unspecified atom stereocenters. The number of rotatable bonds is 7. The highest BCUT2D eigenvalue weighted by molar-refractivity contribution is 4.73. The highest BCUT2D eigenvalue weighted by atomic mass is 14.3. The van der Waals surface area contributed by atoms with E-state index in [1.54, 1.807) is 0 Å². The third kappa shape index (κ3) is 5.33. The van der Waals surface area contributed by atoms with Gasteiger partial charge in [-0.15, -0.1) is 0 Å². The summed E-state index contributed by atoms with van der Waals surface area (Å²) in [6.45, 7) is 7.12. The molecule has 1 rings (SSSR count). The molecule has 1 fully saturated rings. The van der Waals surface area contributed by atoms with Crippen molar-refractivity contribution < 1.29 is 0 Å². The SMILES string of the molecule is CCC(C)CC(C)CCCC1CC1. The minimum absolute atomic E-state index is 0.941. The van der Waals surface area contributed by atoms with Gasteiger partial charge in [0.25, 0.3) is 0 Å². The fraction of sp³-hybridized carbons (Fsp3) is 1.00. The van der Waals surface area contributed by atoms with Crippen molar-refractivity contribution in [3.63, 3.8) is 0 Å². The molecule has 0 heterocycles. The molecule has 0 heteroatoms. The Hall–Kier alpha value is 0. The smallest absolute Gasteiger partial charge is 0.0414 e. The van der Waals surface area contributed by atoms with Gasteiger partial charge in [0.05, 0.1) is 0 Å². The molecule has 0 aliphatic heterocycles. The lowest BCUT2D eigenvalue weighted by atomic mass is 9.91. The quantitative estimate of drug-likeness (QED) is 0.538. The van der Waals surface area contributed by atoms with E-state index in [0.717, 1.165) is 17.8 Å². The Kier molecular flexibility index (Phi) is 4.83. The zero-order valence-electron chi connectivity index (χ0n) is 9.68. The Bertz CT molecular complexity index is 124. The van der Waals surface area contributed by atoms with Crippen LogP contribution in [0.3, 0.4) is 0 Å². The molecular formula is C13H26. The molecule has 0 radical (unpaired) electrons. The lowest BCUT2D eigenvalue weighted by Gasteiger charge is -2.15. The number of hydrogen-bond donors (Lipinski definition) is 0. The van der Waals surface area contributed by atoms with Crippen molar-refractivity contribution in [2.24, 2.45) is 17.8 Å². The predicted octanol–water partition coefficient (Wildman–Crippen LogP) is 4.64. The second-order valence-electron chi connectivity index (χ2n) is 5.23. The van der Waals surface area contributed by atoms with Crippen molar-refractivity contribution in [1.82, 2.24) is 0 Å². The van der Waals surface area contributed by atoms with Crippen molar-refractivity contribution in [3.8, 4) is 0 Å². The van der Waals surface area contributed by atoms with Gasteiger partial charge in [0.2, 0.25) is 0 Å². The van der Waals surface area contributed by atoms with Crippen molar-refractivity contribution >= 4 is 0 Å². The average Bonchev–Trinajstić information content (AvgIpc) is 2.88. The molecule has 0 spiro atoms. The van der Waals surface area contributed by atoms with E-state index in [-0.39, 0.29) is 0 Å². The maximum Gasteiger partial charge on any atom is -0.0414 e. The summed E-state index contributed by atoms with van der Waals surface area (Å²) in [6.07, 6.45) is 10.3. The summed E-state index contributed by atoms with van der Waals surface area (Å²) < 4.78 is 0. The van der Waals surface area contributed by atoms with Gasteiger partial charge in [-0.1, -0.05) is 59.3 Å². The normalized spacial score (nSPS) is 21.5. The molecule has 0 bridgehead atoms. The maximum atomic E-state index is 2.43. The summed E-state index contributed by atoms with van der Waals surface area (Å²) in [7, 11) is 0. The second kappa shape index (κ2) is 5.67. The molecule has 0 aromatic rings. The van der Waals surface area contributed by atoms with Gasteiger partial charge in [-0.05, 0) is 24.2 Å². The zero-order valence-corrected chi connectivity index (χ0v) is 9.68. The van der Waals surface area contributed by atoms with Crippen LogP contribution in [0.4, 0.5) is 0 Å². The molecule has 13 heavy (non-hydrogen) atoms. The number of hydrogen-bond acceptors (Lipinski definition) is 0. The molecular weight excluding hydrogens is 156 g/mol. The summed E-state index contributed by atoms with van der Waals surface area (Å²) in [6, 6.07) is 0. The second-order valence-corrected chi connectivity index (χ2v) is 5.23. The summed E-state index contributed by atoms with van der Waals surface area (Å²) in [4.78, 5) is 0. The van der Waals surface area contributed by atoms with Crippen LogP contribution in [0.15, 0.2) is 0 Å². The summed E-state index contributed by atoms with van der Waals surface area (Å²) in [5.74, 6) is 3.04. The van der Waals surface area contributed by atoms with Crippen molar-refractivity contribution in [3.05, 3.63) is 0 Å². The van der Waals surface area contributed by atoms with Crippen molar-refractivity contribution in [2.75, 3.05) is 0 Å². The van der Waals surface area contributed by atoms with Gasteiger partial charge in [-0.25, -0.2) is 0 Å². The highest BCUT2D eigenvalue weighted by Crippen LogP contribution is 2.34. The van der Waals surface area contributed by atoms with Crippen LogP contribution >= 0.6 is 0 Å². The average molecular weight is 182 g/mol. The fourth-order valence-electron chi connectivity index (χ4n) is 2.13. The van der Waals surface area contributed by atoms with Crippen LogP contribution in [0.1, 0.15) is 65.7 Å². The molecule has 1 aliphatic rings. The zero-order chi connectivity index (χ0) is 9.68. The first-order valence-corrected chi connectivity index (χ1v) is 6.22. The topological polar surface area (TPSA) is 0 Å². The first-order valence-electron chi connectivity index (χ1n) is 6.22. The first-order chi connectivity index (χ1) is 6.22. The van der Waals surface area contributed by atoms with Gasteiger partial charge in [-0.2, -0.15) is 0 Å². The van der Waals surface area contributed by atoms with Gasteiger partial charge in [-0.3, -0.25) is 0 Å². The third-order valence-corrected chi connectivity index (χ3v) is 3.51. The van der Waals surface area contributed by atoms with Gasteiger partial charge in [0.1, 0.15) is 0 Å². The van der Waals surface area contributed by atoms with Crippen LogP contribution in [-0.2, 0) is 0 Å². The van der Waals surface area contributed by atoms with E-state index in [0.29, 0.717) is 0 Å². The molecule has 0 aromatic carbocycles. The summed E-state index contributed by atoms with van der Waals surface area (Å²) in [5, 5.41) is 0. The lowest BCUT2D eigenvalue weighted by Crippen LogP contribution is -2.02. The minimum atomic E-state index is 0.941. The standard InChI is InChI=1S/C13H26/c1-4-11(2)10-12(3)6-5-7-13-8-9-13/h11-13H,4-10H2,1-3H3. The predicted molar refractivity (Wildman–Crippen MR) is 59.8 cm³/mol. The van der Waals surface area contributed by atoms with Crippen molar-refractivity contribution in [1.29, 1.82) is 0 Å². The van der Waals surface area contributed by atoms with E-state index >= 15 is 0 Å². The lowest BCUT2D eigenvalue weighted by molar-refractivity contribution is 0.373. The summed E-state index contributed by atoms with van der Waals surface area (Å²) >= 11 is 0. The van der Waals surface area contributed by atoms with Crippen molar-refractivity contribution in [2.45, 2.75) is 65.7 Å². The van der Waals surface area contributed by atoms with Crippen LogP contribution in [0.25, 0.3) is 0 Å². The molecule has 0 saturated heterocycles. The van der Waals surface area contributed by atoms with Crippen LogP contribution in [0, 0.1) is 17.8 Å². The van der Waals surface area contributed by atoms with Crippen LogP contribution in [0.5, 0.6) is 0 Å². The van der Waals surface area contributed by atoms with E-state index in [1.165, 1.54) is 44.9 Å². The first kappa shape index (κ1) is 11.1. The van der Waals surface area contributed by atoms with Gasteiger partial charge in [0, 0.05) is 0 Å². The molecule has 2 atom stereocenters. The van der Waals surface area contributed by atoms with Gasteiger partial charge >= 0.3 is 0 Å². The molecule has 1 saturated carbocycles. The van der Waals surface area contributed by atoms with E-state index in [4.69, 9.17) is 0 Å². The van der Waals surface area contributed by atoms with Gasteiger partial charge < -0.3 is 0 Å². The van der Waals surface area contributed by atoms with Crippen LogP contribution in [-0.4, -0.2) is 0 Å². The molecule has 0 N–H and O–H groups in total. The van der Waals surface area contributed by atoms with E-state index in [1.807, 2.05) is 0 Å². The van der Waals surface area contributed by atoms with E-state index in [9.17, 15) is 0 Å². The third-order valence-electron chi connectivity index (χ3n) is 3.51. The Morgan fingerprint density at radius 1 is 1.15 bits per heavy atom. The monoisotopic (exact) mass is 182 g/mol. The molecule has 78 valence electrons. The summed E-state index contributed by atoms with van der Waals surface area (Å²) in [5.41, 5.74) is 0. The maximum absolute atomic E-state index is 2.43. The molecule has 0 amide bonds. The van der Waals surface area contributed by atoms with E-state index in [2.05, 4.69) is 20.8 Å². The molecule has 1 aliphatic carbocycles. The largest absolute Gasteiger partial charge is 0.0651 e. The Morgan fingerprint density at radius 2 is 1.85 bits per heavy atom. The Balaban J connectivity index is 1.92. The fourth-order valence-corrected chi connectivity index (χ4v) is 2.13. The Labute approximate surface area is 84.1 Å². The molecule has 0 aromatic heterocycles. The van der Waals surface area contributed by atoms with Crippen LogP contribution < -0.4 is 0 Å². The highest BCUT2D eigenvalue weighted by Gasteiger charge is 2.20. The van der Waals surface area contributed by atoms with Crippen LogP contribution in [0.2, 0.25) is 0 Å². The minimum Gasteiger partial charge on any atom is -0.0651 e. The van der Waals surface area contributed by atoms with E-state index < -0.39 is 0 Å². The van der Waals surface area contributed by atoms with Gasteiger partial charge in [0.15, 0.2) is 0 Å².